The molecule has 0 bridgehead atoms. The van der Waals surface area contributed by atoms with Crippen LogP contribution in [-0.4, -0.2) is 30.3 Å². The van der Waals surface area contributed by atoms with Gasteiger partial charge in [-0.1, -0.05) is 37.5 Å². The molecule has 0 radical (unpaired) electrons. The van der Waals surface area contributed by atoms with Crippen LogP contribution in [0.4, 0.5) is 5.69 Å². The van der Waals surface area contributed by atoms with Gasteiger partial charge in [0, 0.05) is 16.6 Å². The summed E-state index contributed by atoms with van der Waals surface area (Å²) in [5, 5.41) is 7.75. The molecule has 35 heavy (non-hydrogen) atoms. The Morgan fingerprint density at radius 3 is 2.54 bits per heavy atom. The van der Waals surface area contributed by atoms with E-state index in [1.807, 2.05) is 49.6 Å². The molecule has 0 unspecified atom stereocenters. The summed E-state index contributed by atoms with van der Waals surface area (Å²) >= 11 is 1.44. The van der Waals surface area contributed by atoms with Crippen LogP contribution in [0.3, 0.4) is 0 Å². The fraction of sp³-hybridized carbons (Fsp3) is 0.370. The first-order valence-corrected chi connectivity index (χ1v) is 12.9. The maximum Gasteiger partial charge on any atom is 0.287 e. The third kappa shape index (κ3) is 5.82. The van der Waals surface area contributed by atoms with Crippen LogP contribution in [0.1, 0.15) is 64.7 Å². The van der Waals surface area contributed by atoms with Gasteiger partial charge in [0.15, 0.2) is 5.76 Å². The second-order valence-electron chi connectivity index (χ2n) is 8.90. The molecule has 2 aromatic heterocycles. The zero-order valence-electron chi connectivity index (χ0n) is 20.1. The number of amides is 3. The largest absolute Gasteiger partial charge is 0.459 e. The number of nitrogens with one attached hydrogen (secondary N) is 2. The molecule has 1 aromatic carbocycles. The van der Waals surface area contributed by atoms with Crippen molar-refractivity contribution in [3.8, 4) is 0 Å². The van der Waals surface area contributed by atoms with E-state index >= 15 is 0 Å². The van der Waals surface area contributed by atoms with Crippen molar-refractivity contribution in [3.63, 3.8) is 0 Å². The quantitative estimate of drug-likeness (QED) is 0.466. The Balaban J connectivity index is 1.67. The van der Waals surface area contributed by atoms with Crippen molar-refractivity contribution in [2.75, 3.05) is 11.4 Å². The zero-order valence-corrected chi connectivity index (χ0v) is 20.9. The molecule has 7 nitrogen and oxygen atoms in total. The Hall–Kier alpha value is -3.39. The van der Waals surface area contributed by atoms with Crippen molar-refractivity contribution in [1.29, 1.82) is 0 Å². The van der Waals surface area contributed by atoms with Crippen LogP contribution in [0.15, 0.2) is 58.5 Å². The average Bonchev–Trinajstić information content (AvgIpc) is 3.58. The number of thiophene rings is 1. The predicted molar refractivity (Wildman–Crippen MR) is 137 cm³/mol. The lowest BCUT2D eigenvalue weighted by atomic mass is 9.95. The highest BCUT2D eigenvalue weighted by molar-refractivity contribution is 7.10. The minimum Gasteiger partial charge on any atom is -0.459 e. The molecule has 1 aliphatic carbocycles. The highest BCUT2D eigenvalue weighted by Gasteiger charge is 2.35. The number of carbonyl (C=O) groups excluding carboxylic acids is 3. The zero-order chi connectivity index (χ0) is 24.8. The number of benzene rings is 1. The first kappa shape index (κ1) is 24.7. The van der Waals surface area contributed by atoms with Gasteiger partial charge >= 0.3 is 0 Å². The Kier molecular flexibility index (Phi) is 8.02. The van der Waals surface area contributed by atoms with Crippen molar-refractivity contribution in [3.05, 3.63) is 75.9 Å². The van der Waals surface area contributed by atoms with E-state index in [0.29, 0.717) is 5.69 Å². The number of nitrogens with zero attached hydrogens (tertiary/aromatic N) is 1. The van der Waals surface area contributed by atoms with Crippen LogP contribution in [0.5, 0.6) is 0 Å². The van der Waals surface area contributed by atoms with Crippen LogP contribution in [-0.2, 0) is 9.59 Å². The second-order valence-corrected chi connectivity index (χ2v) is 9.88. The normalized spacial score (nSPS) is 14.8. The number of hydrogen-bond donors (Lipinski definition) is 2. The van der Waals surface area contributed by atoms with E-state index in [2.05, 4.69) is 10.6 Å². The summed E-state index contributed by atoms with van der Waals surface area (Å²) in [4.78, 5) is 42.2. The molecule has 3 amide bonds. The summed E-state index contributed by atoms with van der Waals surface area (Å²) < 4.78 is 5.14. The smallest absolute Gasteiger partial charge is 0.287 e. The van der Waals surface area contributed by atoms with Crippen LogP contribution >= 0.6 is 11.3 Å². The molecule has 0 saturated heterocycles. The Bertz CT molecular complexity index is 1150. The number of aryl methyl sites for hydroxylation is 1. The van der Waals surface area contributed by atoms with Gasteiger partial charge in [-0.25, -0.2) is 0 Å². The summed E-state index contributed by atoms with van der Waals surface area (Å²) in [6.45, 7) is 3.64. The highest BCUT2D eigenvalue weighted by atomic mass is 32.1. The van der Waals surface area contributed by atoms with Gasteiger partial charge in [-0.05, 0) is 67.5 Å². The minimum absolute atomic E-state index is 0.105. The maximum absolute atomic E-state index is 13.7. The Morgan fingerprint density at radius 1 is 1.06 bits per heavy atom. The van der Waals surface area contributed by atoms with E-state index in [0.717, 1.165) is 41.7 Å². The fourth-order valence-corrected chi connectivity index (χ4v) is 5.31. The lowest BCUT2D eigenvalue weighted by Crippen LogP contribution is -2.49. The van der Waals surface area contributed by atoms with Gasteiger partial charge < -0.3 is 15.1 Å². The average molecular weight is 494 g/mol. The van der Waals surface area contributed by atoms with Gasteiger partial charge in [-0.15, -0.1) is 11.3 Å². The third-order valence-corrected chi connectivity index (χ3v) is 7.44. The summed E-state index contributed by atoms with van der Waals surface area (Å²) in [5.74, 6) is -0.939. The van der Waals surface area contributed by atoms with Crippen LogP contribution in [0.2, 0.25) is 0 Å². The molecule has 3 aromatic rings. The molecule has 2 N–H and O–H groups in total. The van der Waals surface area contributed by atoms with Crippen LogP contribution in [0, 0.1) is 13.8 Å². The molecule has 1 saturated carbocycles. The van der Waals surface area contributed by atoms with Crippen molar-refractivity contribution in [1.82, 2.24) is 10.6 Å². The summed E-state index contributed by atoms with van der Waals surface area (Å²) in [6.07, 6.45) is 6.66. The minimum atomic E-state index is -0.842. The molecule has 4 rings (SSSR count). The van der Waals surface area contributed by atoms with E-state index in [9.17, 15) is 14.4 Å². The molecular weight excluding hydrogens is 462 g/mol. The lowest BCUT2D eigenvalue weighted by Gasteiger charge is -2.34. The fourth-order valence-electron chi connectivity index (χ4n) is 4.50. The van der Waals surface area contributed by atoms with E-state index in [1.165, 1.54) is 35.0 Å². The van der Waals surface area contributed by atoms with E-state index < -0.39 is 11.9 Å². The van der Waals surface area contributed by atoms with E-state index in [4.69, 9.17) is 4.42 Å². The standard InChI is InChI=1S/C27H31N3O4S/c1-18-9-6-12-21(19(18)2)30(24(31)17-28-26(32)22-13-7-15-34-22)25(23-14-8-16-35-23)27(33)29-20-10-4-3-5-11-20/h6-9,12-16,20,25H,3-5,10-11,17H2,1-2H3,(H,28,32)(H,29,33)/t25-/m0/s1. The number of anilines is 1. The predicted octanol–water partition coefficient (Wildman–Crippen LogP) is 4.91. The molecule has 2 heterocycles. The molecule has 184 valence electrons. The molecule has 0 aliphatic heterocycles. The molecule has 1 atom stereocenters. The van der Waals surface area contributed by atoms with Crippen LogP contribution < -0.4 is 15.5 Å². The molecular formula is C27H31N3O4S. The van der Waals surface area contributed by atoms with Gasteiger partial charge in [0.25, 0.3) is 5.91 Å². The number of carbonyl (C=O) groups is 3. The van der Waals surface area contributed by atoms with Crippen molar-refractivity contribution in [2.45, 2.75) is 58.0 Å². The highest BCUT2D eigenvalue weighted by Crippen LogP contribution is 2.34. The first-order chi connectivity index (χ1) is 17.0. The van der Waals surface area contributed by atoms with E-state index in [-0.39, 0.29) is 30.2 Å². The molecule has 1 aliphatic rings. The summed E-state index contributed by atoms with van der Waals surface area (Å²) in [7, 11) is 0. The van der Waals surface area contributed by atoms with Gasteiger partial charge in [0.2, 0.25) is 11.8 Å². The summed E-state index contributed by atoms with van der Waals surface area (Å²) in [6, 6.07) is 11.9. The molecule has 0 spiro atoms. The molecule has 8 heteroatoms. The van der Waals surface area contributed by atoms with Crippen molar-refractivity contribution < 1.29 is 18.8 Å². The number of furan rings is 1. The molecule has 1 fully saturated rings. The third-order valence-electron chi connectivity index (χ3n) is 6.52. The lowest BCUT2D eigenvalue weighted by molar-refractivity contribution is -0.126. The van der Waals surface area contributed by atoms with Crippen molar-refractivity contribution in [2.24, 2.45) is 0 Å². The second kappa shape index (κ2) is 11.4. The van der Waals surface area contributed by atoms with E-state index in [1.54, 1.807) is 6.07 Å². The van der Waals surface area contributed by atoms with Gasteiger partial charge in [-0.2, -0.15) is 0 Å². The summed E-state index contributed by atoms with van der Waals surface area (Å²) in [5.41, 5.74) is 2.57. The number of rotatable bonds is 8. The first-order valence-electron chi connectivity index (χ1n) is 12.0. The SMILES string of the molecule is Cc1cccc(N(C(=O)CNC(=O)c2ccco2)[C@H](C(=O)NC2CCCCC2)c2cccs2)c1C. The van der Waals surface area contributed by atoms with Crippen molar-refractivity contribution >= 4 is 34.7 Å². The van der Waals surface area contributed by atoms with Gasteiger partial charge in [0.05, 0.1) is 12.8 Å². The Morgan fingerprint density at radius 2 is 1.86 bits per heavy atom. The number of hydrogen-bond acceptors (Lipinski definition) is 5. The maximum atomic E-state index is 13.7. The topological polar surface area (TPSA) is 91.7 Å². The Labute approximate surface area is 209 Å². The van der Waals surface area contributed by atoms with Gasteiger partial charge in [0.1, 0.15) is 6.04 Å². The monoisotopic (exact) mass is 493 g/mol. The van der Waals surface area contributed by atoms with Crippen LogP contribution in [0.25, 0.3) is 0 Å². The van der Waals surface area contributed by atoms with Gasteiger partial charge in [-0.3, -0.25) is 19.3 Å².